The zero-order valence-corrected chi connectivity index (χ0v) is 28.3. The summed E-state index contributed by atoms with van der Waals surface area (Å²) in [5.74, 6) is 4.22. The predicted octanol–water partition coefficient (Wildman–Crippen LogP) is 4.90. The highest BCUT2D eigenvalue weighted by Crippen LogP contribution is 2.49. The largest absolute Gasteiger partial charge is 0.434 e. The van der Waals surface area contributed by atoms with Gasteiger partial charge in [-0.1, -0.05) is 13.8 Å². The second-order valence-corrected chi connectivity index (χ2v) is 15.9. The van der Waals surface area contributed by atoms with Crippen molar-refractivity contribution < 1.29 is 13.9 Å². The zero-order chi connectivity index (χ0) is 33.3. The fourth-order valence-corrected chi connectivity index (χ4v) is 9.66. The summed E-state index contributed by atoms with van der Waals surface area (Å²) < 4.78 is 26.8. The average molecular weight is 666 g/mol. The molecule has 0 bridgehead atoms. The number of nitrogens with zero attached hydrogens (tertiary/aromatic N) is 9. The fraction of sp³-hybridized carbons (Fsp3) is 0.622. The number of hydrogen-bond acceptors (Lipinski definition) is 11. The van der Waals surface area contributed by atoms with E-state index in [1.54, 1.807) is 12.3 Å². The van der Waals surface area contributed by atoms with Crippen LogP contribution in [0.1, 0.15) is 63.4 Å². The van der Waals surface area contributed by atoms with Gasteiger partial charge in [-0.3, -0.25) is 9.80 Å². The van der Waals surface area contributed by atoms with Gasteiger partial charge in [-0.2, -0.15) is 5.26 Å². The summed E-state index contributed by atoms with van der Waals surface area (Å²) in [5.41, 5.74) is 2.17. The van der Waals surface area contributed by atoms with Crippen LogP contribution in [0.4, 0.5) is 10.2 Å². The maximum atomic E-state index is 14.7. The molecule has 4 aliphatic heterocycles. The highest BCUT2D eigenvalue weighted by atomic mass is 19.1. The highest BCUT2D eigenvalue weighted by Gasteiger charge is 2.54. The Balaban J connectivity index is 0.879. The number of benzene rings is 1. The predicted molar refractivity (Wildman–Crippen MR) is 179 cm³/mol. The van der Waals surface area contributed by atoms with E-state index in [9.17, 15) is 9.65 Å². The van der Waals surface area contributed by atoms with Crippen molar-refractivity contribution in [2.24, 2.45) is 29.1 Å². The van der Waals surface area contributed by atoms with E-state index in [1.807, 2.05) is 6.07 Å². The van der Waals surface area contributed by atoms with Gasteiger partial charge in [0.1, 0.15) is 24.0 Å². The normalized spacial score (nSPS) is 28.3. The number of halogens is 1. The van der Waals surface area contributed by atoms with E-state index < -0.39 is 5.82 Å². The van der Waals surface area contributed by atoms with Gasteiger partial charge in [0, 0.05) is 91.8 Å². The fourth-order valence-electron chi connectivity index (χ4n) is 9.66. The number of likely N-dealkylation sites (tertiary alicyclic amines) is 2. The second-order valence-electron chi connectivity index (χ2n) is 15.9. The van der Waals surface area contributed by atoms with E-state index in [4.69, 9.17) is 9.47 Å². The van der Waals surface area contributed by atoms with Crippen LogP contribution in [0.3, 0.4) is 0 Å². The minimum absolute atomic E-state index is 0.110. The molecule has 1 spiro atoms. The molecule has 49 heavy (non-hydrogen) atoms. The SMILES string of the molecule is CC(C)C(C1CC(N2C[C@H]3COC[C@H]3C2)C1)N1CC2(CCN(c3ncnnc3Oc3ccc(F)cc3-c3cnc(C#N)nc3C3CC3)C2)C1. The Kier molecular flexibility index (Phi) is 7.78. The molecular formula is C37H44FN9O2. The topological polar surface area (TPSA) is 116 Å². The molecule has 2 saturated carbocycles. The molecule has 256 valence electrons. The van der Waals surface area contributed by atoms with Crippen molar-refractivity contribution in [3.8, 4) is 28.8 Å². The summed E-state index contributed by atoms with van der Waals surface area (Å²) in [6.45, 7) is 13.2. The van der Waals surface area contributed by atoms with Crippen molar-refractivity contribution in [3.05, 3.63) is 48.1 Å². The maximum absolute atomic E-state index is 14.7. The molecule has 6 fully saturated rings. The minimum atomic E-state index is -0.396. The smallest absolute Gasteiger partial charge is 0.282 e. The van der Waals surface area contributed by atoms with Crippen molar-refractivity contribution in [1.82, 2.24) is 34.9 Å². The Morgan fingerprint density at radius 3 is 2.59 bits per heavy atom. The number of rotatable bonds is 9. The highest BCUT2D eigenvalue weighted by molar-refractivity contribution is 5.73. The minimum Gasteiger partial charge on any atom is -0.434 e. The first-order chi connectivity index (χ1) is 23.9. The van der Waals surface area contributed by atoms with Crippen molar-refractivity contribution >= 4 is 5.82 Å². The lowest BCUT2D eigenvalue weighted by Crippen LogP contribution is -2.65. The molecule has 3 aromatic rings. The Morgan fingerprint density at radius 2 is 1.86 bits per heavy atom. The van der Waals surface area contributed by atoms with Crippen LogP contribution in [0.15, 0.2) is 30.7 Å². The van der Waals surface area contributed by atoms with Crippen LogP contribution >= 0.6 is 0 Å². The lowest BCUT2D eigenvalue weighted by atomic mass is 9.68. The zero-order valence-electron chi connectivity index (χ0n) is 28.3. The molecule has 9 rings (SSSR count). The molecule has 2 aliphatic carbocycles. The van der Waals surface area contributed by atoms with E-state index in [2.05, 4.69) is 53.7 Å². The van der Waals surface area contributed by atoms with Gasteiger partial charge in [0.25, 0.3) is 5.88 Å². The number of ether oxygens (including phenoxy) is 2. The molecule has 11 nitrogen and oxygen atoms in total. The van der Waals surface area contributed by atoms with Gasteiger partial charge < -0.3 is 14.4 Å². The standard InChI is InChI=1S/C37H44FN9O2/c1-22(2)34(24-9-28(10-24)46-14-25-16-48-17-26(25)15-46)47-19-37(20-47)7-8-45(18-37)35-36(44-42-21-41-35)49-31-6-5-27(38)11-29(31)30-13-40-32(12-39)43-33(30)23-3-4-23/h5-6,11,13,21-26,28,34H,3-4,7-10,14-20H2,1-2H3/t24?,25-,26+,28?,34?. The van der Waals surface area contributed by atoms with Crippen molar-refractivity contribution in [2.75, 3.05) is 57.4 Å². The van der Waals surface area contributed by atoms with Gasteiger partial charge >= 0.3 is 0 Å². The van der Waals surface area contributed by atoms with Gasteiger partial charge in [-0.25, -0.2) is 19.3 Å². The van der Waals surface area contributed by atoms with Crippen LogP contribution in [0.2, 0.25) is 0 Å². The Morgan fingerprint density at radius 1 is 1.06 bits per heavy atom. The van der Waals surface area contributed by atoms with Crippen LogP contribution in [-0.2, 0) is 4.74 Å². The van der Waals surface area contributed by atoms with Crippen molar-refractivity contribution in [2.45, 2.75) is 64.0 Å². The summed E-state index contributed by atoms with van der Waals surface area (Å²) in [7, 11) is 0. The summed E-state index contributed by atoms with van der Waals surface area (Å²) in [6, 6.07) is 7.82. The average Bonchev–Trinajstić information content (AvgIpc) is 3.45. The molecule has 3 atom stereocenters. The van der Waals surface area contributed by atoms with Crippen molar-refractivity contribution in [3.63, 3.8) is 0 Å². The number of anilines is 1. The van der Waals surface area contributed by atoms with Gasteiger partial charge in [0.2, 0.25) is 5.82 Å². The quantitative estimate of drug-likeness (QED) is 0.311. The Labute approximate surface area is 286 Å². The van der Waals surface area contributed by atoms with Gasteiger partial charge in [0.15, 0.2) is 5.82 Å². The van der Waals surface area contributed by atoms with Crippen LogP contribution in [0, 0.1) is 46.2 Å². The van der Waals surface area contributed by atoms with Crippen LogP contribution in [0.5, 0.6) is 11.6 Å². The van der Waals surface area contributed by atoms with E-state index in [0.29, 0.717) is 40.5 Å². The molecule has 0 N–H and O–H groups in total. The molecule has 6 heterocycles. The third-order valence-corrected chi connectivity index (χ3v) is 12.2. The molecule has 1 aromatic carbocycles. The van der Waals surface area contributed by atoms with Crippen LogP contribution in [0.25, 0.3) is 11.1 Å². The van der Waals surface area contributed by atoms with E-state index in [-0.39, 0.29) is 17.2 Å². The first kappa shape index (κ1) is 31.2. The molecule has 0 amide bonds. The summed E-state index contributed by atoms with van der Waals surface area (Å²) in [4.78, 5) is 21.2. The summed E-state index contributed by atoms with van der Waals surface area (Å²) in [5, 5.41) is 17.8. The van der Waals surface area contributed by atoms with E-state index in [0.717, 1.165) is 88.1 Å². The van der Waals surface area contributed by atoms with Gasteiger partial charge in [-0.15, -0.1) is 10.2 Å². The van der Waals surface area contributed by atoms with E-state index in [1.165, 1.54) is 44.4 Å². The number of nitriles is 1. The summed E-state index contributed by atoms with van der Waals surface area (Å²) in [6.07, 6.45) is 8.77. The third-order valence-electron chi connectivity index (χ3n) is 12.2. The van der Waals surface area contributed by atoms with Crippen LogP contribution in [-0.4, -0.2) is 99.5 Å². The lowest BCUT2D eigenvalue weighted by Gasteiger charge is -2.57. The van der Waals surface area contributed by atoms with Crippen LogP contribution < -0.4 is 9.64 Å². The molecule has 1 unspecified atom stereocenters. The second kappa shape index (κ2) is 12.2. The number of aromatic nitrogens is 5. The molecular weight excluding hydrogens is 621 g/mol. The molecule has 0 radical (unpaired) electrons. The van der Waals surface area contributed by atoms with Crippen molar-refractivity contribution in [1.29, 1.82) is 5.26 Å². The first-order valence-electron chi connectivity index (χ1n) is 18.1. The van der Waals surface area contributed by atoms with Gasteiger partial charge in [0.05, 0.1) is 18.9 Å². The molecule has 4 saturated heterocycles. The number of fused-ring (bicyclic) bond motifs is 1. The summed E-state index contributed by atoms with van der Waals surface area (Å²) >= 11 is 0. The number of hydrogen-bond donors (Lipinski definition) is 0. The van der Waals surface area contributed by atoms with E-state index >= 15 is 0 Å². The Bertz CT molecular complexity index is 1750. The molecule has 6 aliphatic rings. The van der Waals surface area contributed by atoms with Gasteiger partial charge in [-0.05, 0) is 62.1 Å². The lowest BCUT2D eigenvalue weighted by molar-refractivity contribution is -0.0792. The molecule has 2 aromatic heterocycles. The first-order valence-corrected chi connectivity index (χ1v) is 18.1. The maximum Gasteiger partial charge on any atom is 0.282 e. The monoisotopic (exact) mass is 665 g/mol. The Hall–Kier alpha value is -3.79. The third kappa shape index (κ3) is 5.73. The molecule has 12 heteroatoms.